The predicted octanol–water partition coefficient (Wildman–Crippen LogP) is 1.65. The quantitative estimate of drug-likeness (QED) is 0.760. The Kier molecular flexibility index (Phi) is 4.31. The van der Waals surface area contributed by atoms with Crippen LogP contribution in [0, 0.1) is 0 Å². The van der Waals surface area contributed by atoms with E-state index >= 15 is 0 Å². The lowest BCUT2D eigenvalue weighted by Crippen LogP contribution is -2.43. The lowest BCUT2D eigenvalue weighted by Gasteiger charge is -2.25. The minimum atomic E-state index is -0.0519. The summed E-state index contributed by atoms with van der Waals surface area (Å²) in [7, 11) is 0. The van der Waals surface area contributed by atoms with Crippen LogP contribution in [0.5, 0.6) is 0 Å². The Morgan fingerprint density at radius 2 is 2.18 bits per heavy atom. The molecule has 0 aliphatic carbocycles. The highest BCUT2D eigenvalue weighted by Gasteiger charge is 2.23. The molecule has 1 aromatic rings. The van der Waals surface area contributed by atoms with Crippen molar-refractivity contribution in [3.8, 4) is 0 Å². The van der Waals surface area contributed by atoms with Crippen molar-refractivity contribution in [1.29, 1.82) is 0 Å². The van der Waals surface area contributed by atoms with Gasteiger partial charge in [-0.05, 0) is 12.5 Å². The van der Waals surface area contributed by atoms with Gasteiger partial charge in [0.2, 0.25) is 0 Å². The van der Waals surface area contributed by atoms with Crippen molar-refractivity contribution >= 4 is 0 Å². The van der Waals surface area contributed by atoms with E-state index in [0.717, 1.165) is 0 Å². The van der Waals surface area contributed by atoms with Crippen molar-refractivity contribution in [2.45, 2.75) is 25.1 Å². The topological polar surface area (TPSA) is 41.5 Å². The Hall–Kier alpha value is -1.16. The van der Waals surface area contributed by atoms with Crippen LogP contribution in [0.1, 0.15) is 18.5 Å². The second-order valence-electron chi connectivity index (χ2n) is 4.31. The summed E-state index contributed by atoms with van der Waals surface area (Å²) < 4.78 is 5.51. The minimum absolute atomic E-state index is 0.0221. The van der Waals surface area contributed by atoms with Crippen LogP contribution >= 0.6 is 0 Å². The number of aliphatic hydroxyl groups is 1. The molecule has 0 radical (unpaired) electrons. The van der Waals surface area contributed by atoms with E-state index in [4.69, 9.17) is 4.74 Å². The molecule has 2 rings (SSSR count). The number of benzene rings is 1. The summed E-state index contributed by atoms with van der Waals surface area (Å²) in [5.74, 6) is 0. The van der Waals surface area contributed by atoms with Gasteiger partial charge in [0.05, 0.1) is 25.4 Å². The van der Waals surface area contributed by atoms with E-state index < -0.39 is 0 Å². The lowest BCUT2D eigenvalue weighted by molar-refractivity contribution is 0.0670. The van der Waals surface area contributed by atoms with Crippen molar-refractivity contribution in [1.82, 2.24) is 5.32 Å². The van der Waals surface area contributed by atoms with E-state index in [2.05, 4.69) is 24.4 Å². The molecule has 0 amide bonds. The van der Waals surface area contributed by atoms with Gasteiger partial charge in [-0.25, -0.2) is 0 Å². The maximum Gasteiger partial charge on any atom is 0.0936 e. The standard InChI is InChI=1S/C14H19NO2/c1-11(12-6-3-2-4-7-12)15-13(10-16)14-8-5-9-17-14/h2-8,11,13-16H,9-10H2,1H3/t11-,13-,14+/m1/s1. The number of rotatable bonds is 5. The molecule has 0 spiro atoms. The van der Waals surface area contributed by atoms with Gasteiger partial charge in [-0.2, -0.15) is 0 Å². The van der Waals surface area contributed by atoms with Crippen LogP contribution in [0.3, 0.4) is 0 Å². The summed E-state index contributed by atoms with van der Waals surface area (Å²) in [6.07, 6.45) is 3.97. The van der Waals surface area contributed by atoms with Gasteiger partial charge in [0.1, 0.15) is 0 Å². The van der Waals surface area contributed by atoms with Crippen LogP contribution < -0.4 is 5.32 Å². The van der Waals surface area contributed by atoms with Crippen LogP contribution in [0.15, 0.2) is 42.5 Å². The van der Waals surface area contributed by atoms with Crippen LogP contribution in [0.2, 0.25) is 0 Å². The second kappa shape index (κ2) is 5.96. The predicted molar refractivity (Wildman–Crippen MR) is 67.7 cm³/mol. The van der Waals surface area contributed by atoms with Gasteiger partial charge in [-0.1, -0.05) is 42.5 Å². The number of nitrogens with one attached hydrogen (secondary N) is 1. The fraction of sp³-hybridized carbons (Fsp3) is 0.429. The molecular formula is C14H19NO2. The summed E-state index contributed by atoms with van der Waals surface area (Å²) in [4.78, 5) is 0. The van der Waals surface area contributed by atoms with E-state index in [-0.39, 0.29) is 24.8 Å². The first-order valence-electron chi connectivity index (χ1n) is 6.01. The van der Waals surface area contributed by atoms with Crippen LogP contribution in [-0.4, -0.2) is 30.5 Å². The van der Waals surface area contributed by atoms with Crippen molar-refractivity contribution < 1.29 is 9.84 Å². The fourth-order valence-corrected chi connectivity index (χ4v) is 2.07. The van der Waals surface area contributed by atoms with E-state index in [9.17, 15) is 5.11 Å². The first-order chi connectivity index (χ1) is 8.31. The smallest absolute Gasteiger partial charge is 0.0936 e. The zero-order valence-electron chi connectivity index (χ0n) is 10.0. The zero-order chi connectivity index (χ0) is 12.1. The molecular weight excluding hydrogens is 214 g/mol. The first-order valence-corrected chi connectivity index (χ1v) is 6.01. The summed E-state index contributed by atoms with van der Waals surface area (Å²) >= 11 is 0. The third kappa shape index (κ3) is 3.16. The molecule has 3 atom stereocenters. The van der Waals surface area contributed by atoms with Gasteiger partial charge in [-0.15, -0.1) is 0 Å². The van der Waals surface area contributed by atoms with Crippen LogP contribution in [0.4, 0.5) is 0 Å². The monoisotopic (exact) mass is 233 g/mol. The number of aliphatic hydroxyl groups excluding tert-OH is 1. The average molecular weight is 233 g/mol. The van der Waals surface area contributed by atoms with Gasteiger partial charge < -0.3 is 15.2 Å². The van der Waals surface area contributed by atoms with Crippen molar-refractivity contribution in [3.05, 3.63) is 48.0 Å². The molecule has 3 heteroatoms. The molecule has 92 valence electrons. The summed E-state index contributed by atoms with van der Waals surface area (Å²) in [6.45, 7) is 2.81. The van der Waals surface area contributed by atoms with Crippen LogP contribution in [-0.2, 0) is 4.74 Å². The van der Waals surface area contributed by atoms with Gasteiger partial charge >= 0.3 is 0 Å². The highest BCUT2D eigenvalue weighted by Crippen LogP contribution is 2.15. The average Bonchev–Trinajstić information content (AvgIpc) is 2.90. The maximum atomic E-state index is 9.41. The lowest BCUT2D eigenvalue weighted by atomic mass is 10.1. The van der Waals surface area contributed by atoms with Gasteiger partial charge in [0, 0.05) is 6.04 Å². The maximum absolute atomic E-state index is 9.41. The molecule has 1 aromatic carbocycles. The molecule has 1 aliphatic heterocycles. The largest absolute Gasteiger partial charge is 0.395 e. The molecule has 1 aliphatic rings. The molecule has 0 saturated carbocycles. The molecule has 3 nitrogen and oxygen atoms in total. The normalized spacial score (nSPS) is 22.6. The molecule has 0 aromatic heterocycles. The van der Waals surface area contributed by atoms with Gasteiger partial charge in [0.25, 0.3) is 0 Å². The van der Waals surface area contributed by atoms with Crippen molar-refractivity contribution in [2.24, 2.45) is 0 Å². The van der Waals surface area contributed by atoms with E-state index in [1.54, 1.807) is 0 Å². The number of hydrogen-bond donors (Lipinski definition) is 2. The highest BCUT2D eigenvalue weighted by atomic mass is 16.5. The summed E-state index contributed by atoms with van der Waals surface area (Å²) in [5, 5.41) is 12.8. The molecule has 0 saturated heterocycles. The van der Waals surface area contributed by atoms with Crippen molar-refractivity contribution in [3.63, 3.8) is 0 Å². The van der Waals surface area contributed by atoms with E-state index in [1.165, 1.54) is 5.56 Å². The van der Waals surface area contributed by atoms with E-state index in [1.807, 2.05) is 30.4 Å². The summed E-state index contributed by atoms with van der Waals surface area (Å²) in [6, 6.07) is 10.4. The third-order valence-electron chi connectivity index (χ3n) is 3.07. The Morgan fingerprint density at radius 1 is 1.41 bits per heavy atom. The van der Waals surface area contributed by atoms with Crippen molar-refractivity contribution in [2.75, 3.05) is 13.2 Å². The second-order valence-corrected chi connectivity index (χ2v) is 4.31. The molecule has 2 N–H and O–H groups in total. The molecule has 17 heavy (non-hydrogen) atoms. The highest BCUT2D eigenvalue weighted by molar-refractivity contribution is 5.18. The van der Waals surface area contributed by atoms with Crippen LogP contribution in [0.25, 0.3) is 0 Å². The summed E-state index contributed by atoms with van der Waals surface area (Å²) in [5.41, 5.74) is 1.22. The van der Waals surface area contributed by atoms with Gasteiger partial charge in [-0.3, -0.25) is 0 Å². The zero-order valence-corrected chi connectivity index (χ0v) is 10.0. The Morgan fingerprint density at radius 3 is 2.76 bits per heavy atom. The number of hydrogen-bond acceptors (Lipinski definition) is 3. The minimum Gasteiger partial charge on any atom is -0.395 e. The third-order valence-corrected chi connectivity index (χ3v) is 3.07. The van der Waals surface area contributed by atoms with Gasteiger partial charge in [0.15, 0.2) is 0 Å². The molecule has 0 unspecified atom stereocenters. The molecule has 1 heterocycles. The SMILES string of the molecule is C[C@@H](N[C@H](CO)[C@@H]1C=CCO1)c1ccccc1. The first kappa shape index (κ1) is 12.3. The molecule has 0 bridgehead atoms. The molecule has 0 fully saturated rings. The number of ether oxygens (including phenoxy) is 1. The van der Waals surface area contributed by atoms with E-state index in [0.29, 0.717) is 6.61 Å². The fourth-order valence-electron chi connectivity index (χ4n) is 2.07. The Balaban J connectivity index is 1.96. The Bertz CT molecular complexity index is 364. The Labute approximate surface area is 102 Å².